The van der Waals surface area contributed by atoms with E-state index in [1.165, 1.54) is 0 Å². The maximum Gasteiger partial charge on any atom is 0.146 e. The van der Waals surface area contributed by atoms with Gasteiger partial charge in [-0.15, -0.1) is 5.73 Å². The van der Waals surface area contributed by atoms with Gasteiger partial charge >= 0.3 is 0 Å². The van der Waals surface area contributed by atoms with Gasteiger partial charge in [-0.3, -0.25) is 0 Å². The van der Waals surface area contributed by atoms with Crippen LogP contribution in [-0.4, -0.2) is 32.9 Å². The molecule has 0 aliphatic rings. The molecule has 0 amide bonds. The van der Waals surface area contributed by atoms with Gasteiger partial charge in [-0.2, -0.15) is 0 Å². The first-order chi connectivity index (χ1) is 11.3. The van der Waals surface area contributed by atoms with Crippen molar-refractivity contribution < 1.29 is 19.0 Å². The molecule has 1 aromatic rings. The van der Waals surface area contributed by atoms with Gasteiger partial charge in [-0.05, 0) is 30.9 Å². The molecule has 0 fully saturated rings. The van der Waals surface area contributed by atoms with E-state index < -0.39 is 0 Å². The number of ether oxygens (including phenoxy) is 3. The minimum absolute atomic E-state index is 0.172. The van der Waals surface area contributed by atoms with Crippen LogP contribution >= 0.6 is 0 Å². The number of benzene rings is 1. The second-order valence-corrected chi connectivity index (χ2v) is 5.22. The first kappa shape index (κ1) is 19.3. The van der Waals surface area contributed by atoms with Gasteiger partial charge < -0.3 is 19.0 Å². The molecule has 0 unspecified atom stereocenters. The average molecular weight is 318 g/mol. The molecule has 0 heterocycles. The molecule has 0 spiro atoms. The van der Waals surface area contributed by atoms with Gasteiger partial charge in [0.2, 0.25) is 0 Å². The number of hydrogen-bond acceptors (Lipinski definition) is 4. The number of hydrogen-bond donors (Lipinski definition) is 0. The maximum atomic E-state index is 11.3. The van der Waals surface area contributed by atoms with Crippen LogP contribution in [0.3, 0.4) is 0 Å². The summed E-state index contributed by atoms with van der Waals surface area (Å²) in [5, 5.41) is 0. The van der Waals surface area contributed by atoms with E-state index in [0.29, 0.717) is 26.1 Å². The zero-order valence-electron chi connectivity index (χ0n) is 13.8. The molecule has 0 radical (unpaired) electrons. The van der Waals surface area contributed by atoms with Gasteiger partial charge in [0.1, 0.15) is 13.1 Å². The summed E-state index contributed by atoms with van der Waals surface area (Å²) in [6.45, 7) is 4.79. The summed E-state index contributed by atoms with van der Waals surface area (Å²) in [6.07, 6.45) is 4.69. The Labute approximate surface area is 138 Å². The number of methoxy groups -OCH3 is 1. The third-order valence-corrected chi connectivity index (χ3v) is 3.50. The lowest BCUT2D eigenvalue weighted by atomic mass is 9.96. The molecule has 0 saturated carbocycles. The quantitative estimate of drug-likeness (QED) is 0.242. The van der Waals surface area contributed by atoms with Crippen molar-refractivity contribution in [3.8, 4) is 0 Å². The van der Waals surface area contributed by atoms with Crippen LogP contribution in [0.1, 0.15) is 24.8 Å². The molecule has 0 aromatic heterocycles. The fraction of sp³-hybridized carbons (Fsp3) is 0.474. The van der Waals surface area contributed by atoms with E-state index in [2.05, 4.69) is 12.3 Å². The molecule has 23 heavy (non-hydrogen) atoms. The Kier molecular flexibility index (Phi) is 10.8. The van der Waals surface area contributed by atoms with Crippen LogP contribution in [0.2, 0.25) is 0 Å². The van der Waals surface area contributed by atoms with Gasteiger partial charge in [0, 0.05) is 19.6 Å². The van der Waals surface area contributed by atoms with Crippen LogP contribution < -0.4 is 0 Å². The predicted molar refractivity (Wildman–Crippen MR) is 90.0 cm³/mol. The van der Waals surface area contributed by atoms with Crippen molar-refractivity contribution in [3.05, 3.63) is 54.3 Å². The van der Waals surface area contributed by atoms with E-state index in [4.69, 9.17) is 14.2 Å². The highest BCUT2D eigenvalue weighted by atomic mass is 16.7. The van der Waals surface area contributed by atoms with Gasteiger partial charge in [-0.1, -0.05) is 36.9 Å². The third kappa shape index (κ3) is 8.48. The van der Waals surface area contributed by atoms with E-state index >= 15 is 0 Å². The minimum atomic E-state index is -0.207. The van der Waals surface area contributed by atoms with Crippen molar-refractivity contribution >= 4 is 6.29 Å². The smallest absolute Gasteiger partial charge is 0.146 e. The van der Waals surface area contributed by atoms with E-state index in [1.807, 2.05) is 36.4 Å². The molecule has 126 valence electrons. The van der Waals surface area contributed by atoms with Gasteiger partial charge in [0.25, 0.3) is 0 Å². The third-order valence-electron chi connectivity index (χ3n) is 3.50. The van der Waals surface area contributed by atoms with Crippen LogP contribution in [0.4, 0.5) is 0 Å². The van der Waals surface area contributed by atoms with Crippen LogP contribution in [0.25, 0.3) is 0 Å². The van der Waals surface area contributed by atoms with Crippen LogP contribution in [0.15, 0.2) is 48.7 Å². The Morgan fingerprint density at radius 3 is 2.70 bits per heavy atom. The van der Waals surface area contributed by atoms with Crippen LogP contribution in [-0.2, 0) is 25.6 Å². The second-order valence-electron chi connectivity index (χ2n) is 5.22. The van der Waals surface area contributed by atoms with Crippen molar-refractivity contribution in [3.63, 3.8) is 0 Å². The van der Waals surface area contributed by atoms with Crippen LogP contribution in [0, 0.1) is 5.92 Å². The van der Waals surface area contributed by atoms with Crippen molar-refractivity contribution in [1.82, 2.24) is 0 Å². The van der Waals surface area contributed by atoms with E-state index in [0.717, 1.165) is 18.3 Å². The normalized spacial score (nSPS) is 13.1. The summed E-state index contributed by atoms with van der Waals surface area (Å²) in [6, 6.07) is 9.99. The van der Waals surface area contributed by atoms with E-state index in [1.54, 1.807) is 7.11 Å². The molecule has 0 saturated heterocycles. The molecule has 4 nitrogen and oxygen atoms in total. The summed E-state index contributed by atoms with van der Waals surface area (Å²) in [4.78, 5) is 11.3. The topological polar surface area (TPSA) is 44.8 Å². The van der Waals surface area contributed by atoms with Gasteiger partial charge in [0.15, 0.2) is 0 Å². The van der Waals surface area contributed by atoms with Crippen molar-refractivity contribution in [2.45, 2.75) is 32.0 Å². The van der Waals surface area contributed by atoms with Crippen LogP contribution in [0.5, 0.6) is 0 Å². The standard InChI is InChI=1S/C19H26O4/c1-3-4-6-11-18(14-20)19(23-16-21-2)12-13-22-15-17-9-7-5-8-10-17/h4-5,7-10,14,18-19H,1,6,11-13,15-16H2,2H3/t18-,19+/m0/s1. The summed E-state index contributed by atoms with van der Waals surface area (Å²) >= 11 is 0. The molecule has 1 aromatic carbocycles. The van der Waals surface area contributed by atoms with E-state index in [-0.39, 0.29) is 18.8 Å². The molecular weight excluding hydrogens is 292 g/mol. The number of rotatable bonds is 13. The monoisotopic (exact) mass is 318 g/mol. The highest BCUT2D eigenvalue weighted by Gasteiger charge is 2.21. The summed E-state index contributed by atoms with van der Waals surface area (Å²) in [5.74, 6) is -0.185. The Hall–Kier alpha value is -1.71. The molecule has 2 atom stereocenters. The Bertz CT molecular complexity index is 466. The molecule has 0 N–H and O–H groups in total. The number of carbonyl (C=O) groups is 1. The number of aldehydes is 1. The zero-order chi connectivity index (χ0) is 16.8. The molecule has 0 aliphatic carbocycles. The average Bonchev–Trinajstić information content (AvgIpc) is 2.59. The van der Waals surface area contributed by atoms with Crippen molar-refractivity contribution in [2.75, 3.05) is 20.5 Å². The molecule has 4 heteroatoms. The second kappa shape index (κ2) is 12.8. The molecule has 1 rings (SSSR count). The zero-order valence-corrected chi connectivity index (χ0v) is 13.8. The van der Waals surface area contributed by atoms with Gasteiger partial charge in [-0.25, -0.2) is 0 Å². The number of carbonyl (C=O) groups excluding carboxylic acids is 1. The van der Waals surface area contributed by atoms with Crippen molar-refractivity contribution in [2.24, 2.45) is 5.92 Å². The minimum Gasteiger partial charge on any atom is -0.377 e. The lowest BCUT2D eigenvalue weighted by molar-refractivity contribution is -0.127. The predicted octanol–water partition coefficient (Wildman–Crippen LogP) is 3.52. The summed E-state index contributed by atoms with van der Waals surface area (Å²) < 4.78 is 16.3. The highest BCUT2D eigenvalue weighted by molar-refractivity contribution is 5.54. The lowest BCUT2D eigenvalue weighted by Gasteiger charge is -2.22. The molecule has 0 bridgehead atoms. The van der Waals surface area contributed by atoms with E-state index in [9.17, 15) is 4.79 Å². The SMILES string of the molecule is C=C=CCC[C@@H](C=O)[C@@H](CCOCc1ccccc1)OCOC. The first-order valence-electron chi connectivity index (χ1n) is 7.83. The fourth-order valence-corrected chi connectivity index (χ4v) is 2.26. The highest BCUT2D eigenvalue weighted by Crippen LogP contribution is 2.17. The fourth-order valence-electron chi connectivity index (χ4n) is 2.26. The largest absolute Gasteiger partial charge is 0.377 e. The van der Waals surface area contributed by atoms with Crippen molar-refractivity contribution in [1.29, 1.82) is 0 Å². The molecular formula is C19H26O4. The number of allylic oxidation sites excluding steroid dienone is 1. The Morgan fingerprint density at radius 2 is 2.04 bits per heavy atom. The molecule has 0 aliphatic heterocycles. The Balaban J connectivity index is 2.42. The summed E-state index contributed by atoms with van der Waals surface area (Å²) in [5.41, 5.74) is 3.85. The summed E-state index contributed by atoms with van der Waals surface area (Å²) in [7, 11) is 1.57. The van der Waals surface area contributed by atoms with Gasteiger partial charge in [0.05, 0.1) is 12.7 Å². The lowest BCUT2D eigenvalue weighted by Crippen LogP contribution is -2.28. The first-order valence-corrected chi connectivity index (χ1v) is 7.83. The maximum absolute atomic E-state index is 11.3. The Morgan fingerprint density at radius 1 is 1.26 bits per heavy atom.